The maximum absolute atomic E-state index is 11.8. The molecule has 1 aromatic carbocycles. The molecule has 1 atom stereocenters. The molecule has 0 aliphatic carbocycles. The van der Waals surface area contributed by atoms with Gasteiger partial charge in [0.25, 0.3) is 5.91 Å². The molecule has 18 heavy (non-hydrogen) atoms. The minimum absolute atomic E-state index is 0.0110. The molecule has 5 heteroatoms. The van der Waals surface area contributed by atoms with Crippen molar-refractivity contribution in [1.82, 2.24) is 5.32 Å². The predicted octanol–water partition coefficient (Wildman–Crippen LogP) is 0.391. The molecule has 1 fully saturated rings. The summed E-state index contributed by atoms with van der Waals surface area (Å²) in [6.07, 6.45) is 0.362. The lowest BCUT2D eigenvalue weighted by molar-refractivity contribution is -0.117. The molecule has 1 aliphatic heterocycles. The number of hydrogen-bond acceptors (Lipinski definition) is 3. The number of carbonyl (C=O) groups excluding carboxylic acids is 2. The van der Waals surface area contributed by atoms with E-state index in [2.05, 4.69) is 5.32 Å². The zero-order valence-corrected chi connectivity index (χ0v) is 10.2. The average molecular weight is 248 g/mol. The Hall–Kier alpha value is -1.88. The van der Waals surface area contributed by atoms with Crippen molar-refractivity contribution < 1.29 is 14.7 Å². The van der Waals surface area contributed by atoms with Crippen molar-refractivity contribution in [3.8, 4) is 0 Å². The number of nitrogens with zero attached hydrogens (tertiary/aromatic N) is 1. The van der Waals surface area contributed by atoms with Gasteiger partial charge in [-0.15, -0.1) is 0 Å². The maximum Gasteiger partial charge on any atom is 0.251 e. The summed E-state index contributed by atoms with van der Waals surface area (Å²) in [5, 5.41) is 11.6. The van der Waals surface area contributed by atoms with Gasteiger partial charge in [-0.25, -0.2) is 0 Å². The largest absolute Gasteiger partial charge is 0.396 e. The molecule has 0 aromatic heterocycles. The Morgan fingerprint density at radius 2 is 2.33 bits per heavy atom. The third kappa shape index (κ3) is 2.36. The fourth-order valence-electron chi connectivity index (χ4n) is 2.11. The quantitative estimate of drug-likeness (QED) is 0.813. The number of nitrogens with one attached hydrogen (secondary N) is 1. The predicted molar refractivity (Wildman–Crippen MR) is 67.4 cm³/mol. The second kappa shape index (κ2) is 5.18. The Kier molecular flexibility index (Phi) is 3.62. The van der Waals surface area contributed by atoms with E-state index >= 15 is 0 Å². The zero-order chi connectivity index (χ0) is 13.1. The highest BCUT2D eigenvalue weighted by molar-refractivity contribution is 5.99. The van der Waals surface area contributed by atoms with E-state index in [0.29, 0.717) is 24.2 Å². The summed E-state index contributed by atoms with van der Waals surface area (Å²) in [5.74, 6) is -0.202. The third-order valence-corrected chi connectivity index (χ3v) is 3.11. The highest BCUT2D eigenvalue weighted by Gasteiger charge is 2.30. The van der Waals surface area contributed by atoms with Crippen LogP contribution in [-0.2, 0) is 4.79 Å². The van der Waals surface area contributed by atoms with Gasteiger partial charge in [-0.05, 0) is 18.2 Å². The van der Waals surface area contributed by atoms with Gasteiger partial charge in [-0.1, -0.05) is 6.07 Å². The van der Waals surface area contributed by atoms with Crippen molar-refractivity contribution in [2.24, 2.45) is 5.92 Å². The summed E-state index contributed by atoms with van der Waals surface area (Å²) in [6.45, 7) is 0.518. The van der Waals surface area contributed by atoms with Gasteiger partial charge in [-0.2, -0.15) is 0 Å². The second-order valence-electron chi connectivity index (χ2n) is 4.39. The van der Waals surface area contributed by atoms with Crippen LogP contribution in [0.2, 0.25) is 0 Å². The summed E-state index contributed by atoms with van der Waals surface area (Å²) < 4.78 is 0. The Morgan fingerprint density at radius 3 is 2.94 bits per heavy atom. The number of rotatable bonds is 3. The summed E-state index contributed by atoms with van der Waals surface area (Å²) >= 11 is 0. The standard InChI is InChI=1S/C13H16N2O3/c1-14-13(18)10-3-2-4-11(6-10)15-7-9(8-16)5-12(15)17/h2-4,6,9,16H,5,7-8H2,1H3,(H,14,18). The SMILES string of the molecule is CNC(=O)c1cccc(N2CC(CO)CC2=O)c1. The topological polar surface area (TPSA) is 69.6 Å². The molecule has 0 saturated carbocycles. The van der Waals surface area contributed by atoms with Gasteiger partial charge < -0.3 is 15.3 Å². The van der Waals surface area contributed by atoms with Gasteiger partial charge in [0.1, 0.15) is 0 Å². The Labute approximate surface area is 105 Å². The van der Waals surface area contributed by atoms with Crippen LogP contribution >= 0.6 is 0 Å². The third-order valence-electron chi connectivity index (χ3n) is 3.11. The summed E-state index contributed by atoms with van der Waals surface area (Å²) in [4.78, 5) is 25.0. The van der Waals surface area contributed by atoms with E-state index in [1.807, 2.05) is 0 Å². The molecule has 0 radical (unpaired) electrons. The summed E-state index contributed by atoms with van der Waals surface area (Å²) in [5.41, 5.74) is 1.23. The molecule has 0 spiro atoms. The van der Waals surface area contributed by atoms with E-state index in [1.165, 1.54) is 0 Å². The van der Waals surface area contributed by atoms with Crippen molar-refractivity contribution in [3.63, 3.8) is 0 Å². The van der Waals surface area contributed by atoms with E-state index in [4.69, 9.17) is 5.11 Å². The van der Waals surface area contributed by atoms with Crippen LogP contribution in [0.3, 0.4) is 0 Å². The molecule has 1 heterocycles. The van der Waals surface area contributed by atoms with E-state index in [9.17, 15) is 9.59 Å². The van der Waals surface area contributed by atoms with Crippen molar-refractivity contribution in [2.75, 3.05) is 25.1 Å². The first-order chi connectivity index (χ1) is 8.65. The van der Waals surface area contributed by atoms with Crippen LogP contribution in [0.5, 0.6) is 0 Å². The highest BCUT2D eigenvalue weighted by Crippen LogP contribution is 2.25. The van der Waals surface area contributed by atoms with Crippen LogP contribution in [0, 0.1) is 5.92 Å². The number of aliphatic hydroxyl groups excluding tert-OH is 1. The minimum atomic E-state index is -0.179. The van der Waals surface area contributed by atoms with Crippen LogP contribution in [0.4, 0.5) is 5.69 Å². The lowest BCUT2D eigenvalue weighted by Gasteiger charge is -2.17. The molecule has 1 aromatic rings. The number of carbonyl (C=O) groups is 2. The van der Waals surface area contributed by atoms with E-state index < -0.39 is 0 Å². The summed E-state index contributed by atoms with van der Waals surface area (Å²) in [6, 6.07) is 6.94. The fourth-order valence-corrected chi connectivity index (χ4v) is 2.11. The lowest BCUT2D eigenvalue weighted by atomic mass is 10.1. The molecular weight excluding hydrogens is 232 g/mol. The van der Waals surface area contributed by atoms with Gasteiger partial charge in [0, 0.05) is 43.8 Å². The maximum atomic E-state index is 11.8. The smallest absolute Gasteiger partial charge is 0.251 e. The number of hydrogen-bond donors (Lipinski definition) is 2. The van der Waals surface area contributed by atoms with Crippen molar-refractivity contribution in [2.45, 2.75) is 6.42 Å². The molecule has 1 unspecified atom stereocenters. The van der Waals surface area contributed by atoms with Crippen LogP contribution < -0.4 is 10.2 Å². The van der Waals surface area contributed by atoms with Gasteiger partial charge in [0.15, 0.2) is 0 Å². The molecule has 1 saturated heterocycles. The molecular formula is C13H16N2O3. The van der Waals surface area contributed by atoms with E-state index in [0.717, 1.165) is 0 Å². The van der Waals surface area contributed by atoms with Crippen LogP contribution in [0.1, 0.15) is 16.8 Å². The highest BCUT2D eigenvalue weighted by atomic mass is 16.3. The molecule has 2 N–H and O–H groups in total. The molecule has 2 rings (SSSR count). The van der Waals surface area contributed by atoms with Crippen LogP contribution in [-0.4, -0.2) is 37.1 Å². The van der Waals surface area contributed by atoms with Gasteiger partial charge in [-0.3, -0.25) is 9.59 Å². The number of anilines is 1. The molecule has 96 valence electrons. The fraction of sp³-hybridized carbons (Fsp3) is 0.385. The van der Waals surface area contributed by atoms with Crippen molar-refractivity contribution in [1.29, 1.82) is 0 Å². The molecule has 2 amide bonds. The number of amides is 2. The van der Waals surface area contributed by atoms with Crippen molar-refractivity contribution in [3.05, 3.63) is 29.8 Å². The monoisotopic (exact) mass is 248 g/mol. The first kappa shape index (κ1) is 12.6. The first-order valence-electron chi connectivity index (χ1n) is 5.89. The minimum Gasteiger partial charge on any atom is -0.396 e. The normalized spacial score (nSPS) is 19.1. The van der Waals surface area contributed by atoms with E-state index in [-0.39, 0.29) is 24.3 Å². The molecule has 5 nitrogen and oxygen atoms in total. The molecule has 1 aliphatic rings. The average Bonchev–Trinajstić information content (AvgIpc) is 2.79. The van der Waals surface area contributed by atoms with Crippen LogP contribution in [0.25, 0.3) is 0 Å². The molecule has 0 bridgehead atoms. The van der Waals surface area contributed by atoms with Gasteiger partial charge >= 0.3 is 0 Å². The number of aliphatic hydroxyl groups is 1. The summed E-state index contributed by atoms with van der Waals surface area (Å²) in [7, 11) is 1.57. The Balaban J connectivity index is 2.24. The zero-order valence-electron chi connectivity index (χ0n) is 10.2. The Bertz CT molecular complexity index is 473. The van der Waals surface area contributed by atoms with E-state index in [1.54, 1.807) is 36.2 Å². The lowest BCUT2D eigenvalue weighted by Crippen LogP contribution is -2.25. The van der Waals surface area contributed by atoms with Crippen molar-refractivity contribution >= 4 is 17.5 Å². The number of benzene rings is 1. The van der Waals surface area contributed by atoms with Crippen LogP contribution in [0.15, 0.2) is 24.3 Å². The first-order valence-corrected chi connectivity index (χ1v) is 5.89. The second-order valence-corrected chi connectivity index (χ2v) is 4.39. The Morgan fingerprint density at radius 1 is 1.56 bits per heavy atom. The van der Waals surface area contributed by atoms with Gasteiger partial charge in [0.05, 0.1) is 0 Å². The van der Waals surface area contributed by atoms with Gasteiger partial charge in [0.2, 0.25) is 5.91 Å².